The lowest BCUT2D eigenvalue weighted by atomic mass is 10.1. The molecular weight excluding hydrogens is 226 g/mol. The van der Waals surface area contributed by atoms with Crippen LogP contribution in [0.4, 0.5) is 0 Å². The van der Waals surface area contributed by atoms with Gasteiger partial charge in [0, 0.05) is 31.0 Å². The van der Waals surface area contributed by atoms with Crippen LogP contribution in [0.2, 0.25) is 0 Å². The predicted octanol–water partition coefficient (Wildman–Crippen LogP) is 1.98. The smallest absolute Gasteiger partial charge is 0.0885 e. The van der Waals surface area contributed by atoms with Crippen molar-refractivity contribution in [2.45, 2.75) is 13.0 Å². The predicted molar refractivity (Wildman–Crippen MR) is 70.9 cm³/mol. The van der Waals surface area contributed by atoms with Crippen molar-refractivity contribution in [1.82, 2.24) is 19.7 Å². The maximum absolute atomic E-state index is 6.01. The van der Waals surface area contributed by atoms with Crippen molar-refractivity contribution in [3.05, 3.63) is 36.3 Å². The van der Waals surface area contributed by atoms with E-state index in [0.29, 0.717) is 0 Å². The average Bonchev–Trinajstić information content (AvgIpc) is 2.98. The molecular formula is C13H15N5. The molecule has 1 atom stereocenters. The van der Waals surface area contributed by atoms with Gasteiger partial charge in [-0.25, -0.2) is 4.98 Å². The van der Waals surface area contributed by atoms with Gasteiger partial charge in [-0.15, -0.1) is 0 Å². The summed E-state index contributed by atoms with van der Waals surface area (Å²) in [6.07, 6.45) is 3.73. The third-order valence-corrected chi connectivity index (χ3v) is 3.12. The maximum Gasteiger partial charge on any atom is 0.0885 e. The molecule has 0 aliphatic rings. The van der Waals surface area contributed by atoms with Gasteiger partial charge in [-0.1, -0.05) is 0 Å². The summed E-state index contributed by atoms with van der Waals surface area (Å²) in [6, 6.07) is 5.91. The van der Waals surface area contributed by atoms with Gasteiger partial charge in [0.25, 0.3) is 0 Å². The third kappa shape index (κ3) is 1.60. The van der Waals surface area contributed by atoms with Crippen molar-refractivity contribution in [2.24, 2.45) is 12.8 Å². The van der Waals surface area contributed by atoms with Crippen LogP contribution in [0.25, 0.3) is 22.3 Å². The molecule has 3 rings (SSSR count). The number of aryl methyl sites for hydroxylation is 1. The molecule has 92 valence electrons. The summed E-state index contributed by atoms with van der Waals surface area (Å²) in [6.45, 7) is 1.94. The fraction of sp³-hybridized carbons (Fsp3) is 0.231. The van der Waals surface area contributed by atoms with E-state index in [-0.39, 0.29) is 6.04 Å². The molecule has 0 saturated carbocycles. The van der Waals surface area contributed by atoms with E-state index in [9.17, 15) is 0 Å². The molecule has 0 radical (unpaired) electrons. The van der Waals surface area contributed by atoms with Crippen LogP contribution in [0.15, 0.2) is 30.6 Å². The fourth-order valence-corrected chi connectivity index (χ4v) is 2.17. The van der Waals surface area contributed by atoms with Gasteiger partial charge in [0.1, 0.15) is 0 Å². The molecule has 0 fully saturated rings. The highest BCUT2D eigenvalue weighted by molar-refractivity contribution is 5.82. The van der Waals surface area contributed by atoms with Crippen molar-refractivity contribution in [2.75, 3.05) is 0 Å². The molecule has 0 aliphatic heterocycles. The van der Waals surface area contributed by atoms with E-state index in [2.05, 4.69) is 21.2 Å². The van der Waals surface area contributed by atoms with E-state index in [1.54, 1.807) is 6.20 Å². The summed E-state index contributed by atoms with van der Waals surface area (Å²) in [4.78, 5) is 4.66. The molecule has 0 saturated heterocycles. The molecule has 0 spiro atoms. The van der Waals surface area contributed by atoms with Gasteiger partial charge in [0.2, 0.25) is 0 Å². The van der Waals surface area contributed by atoms with Crippen LogP contribution in [-0.4, -0.2) is 19.7 Å². The van der Waals surface area contributed by atoms with Gasteiger partial charge < -0.3 is 10.3 Å². The largest absolute Gasteiger partial charge is 0.349 e. The number of nitrogens with one attached hydrogen (secondary N) is 1. The zero-order valence-corrected chi connectivity index (χ0v) is 10.4. The number of nitrogens with two attached hydrogens (primary N) is 1. The van der Waals surface area contributed by atoms with Crippen molar-refractivity contribution in [3.8, 4) is 11.3 Å². The highest BCUT2D eigenvalue weighted by Gasteiger charge is 2.14. The lowest BCUT2D eigenvalue weighted by Crippen LogP contribution is -2.09. The highest BCUT2D eigenvalue weighted by atomic mass is 15.1. The first-order valence-electron chi connectivity index (χ1n) is 5.88. The van der Waals surface area contributed by atoms with Crippen molar-refractivity contribution in [3.63, 3.8) is 0 Å². The van der Waals surface area contributed by atoms with Gasteiger partial charge in [-0.3, -0.25) is 5.10 Å². The second kappa shape index (κ2) is 3.96. The van der Waals surface area contributed by atoms with Crippen molar-refractivity contribution < 1.29 is 0 Å². The molecule has 3 aromatic rings. The number of fused-ring (bicyclic) bond motifs is 1. The van der Waals surface area contributed by atoms with E-state index in [0.717, 1.165) is 28.0 Å². The van der Waals surface area contributed by atoms with Crippen LogP contribution in [0.5, 0.6) is 0 Å². The van der Waals surface area contributed by atoms with E-state index >= 15 is 0 Å². The minimum atomic E-state index is -0.118. The van der Waals surface area contributed by atoms with Gasteiger partial charge in [-0.2, -0.15) is 5.10 Å². The van der Waals surface area contributed by atoms with Crippen LogP contribution >= 0.6 is 0 Å². The van der Waals surface area contributed by atoms with Crippen molar-refractivity contribution in [1.29, 1.82) is 0 Å². The Morgan fingerprint density at radius 3 is 2.89 bits per heavy atom. The minimum Gasteiger partial charge on any atom is -0.349 e. The lowest BCUT2D eigenvalue weighted by molar-refractivity contribution is 0.788. The van der Waals surface area contributed by atoms with Crippen LogP contribution in [-0.2, 0) is 7.05 Å². The van der Waals surface area contributed by atoms with E-state index in [1.165, 1.54) is 0 Å². The number of nitrogens with zero attached hydrogens (tertiary/aromatic N) is 3. The molecule has 0 bridgehead atoms. The number of aromatic nitrogens is 4. The third-order valence-electron chi connectivity index (χ3n) is 3.12. The SMILES string of the molecule is C[C@H](N)c1nc2ccn(C)c2cc1-c1ccn[nH]1. The molecule has 5 heteroatoms. The zero-order chi connectivity index (χ0) is 12.7. The second-order valence-electron chi connectivity index (χ2n) is 4.51. The summed E-state index contributed by atoms with van der Waals surface area (Å²) >= 11 is 0. The standard InChI is InChI=1S/C13H15N5/c1-8(14)13-9(10-3-5-15-17-10)7-12-11(16-13)4-6-18(12)2/h3-8H,14H2,1-2H3,(H,15,17)/t8-/m0/s1. The zero-order valence-electron chi connectivity index (χ0n) is 10.4. The summed E-state index contributed by atoms with van der Waals surface area (Å²) < 4.78 is 2.05. The molecule has 0 amide bonds. The van der Waals surface area contributed by atoms with Crippen molar-refractivity contribution >= 4 is 11.0 Å². The topological polar surface area (TPSA) is 72.5 Å². The Labute approximate surface area is 105 Å². The van der Waals surface area contributed by atoms with E-state index in [1.807, 2.05) is 36.9 Å². The van der Waals surface area contributed by atoms with E-state index < -0.39 is 0 Å². The Morgan fingerprint density at radius 1 is 1.39 bits per heavy atom. The molecule has 5 nitrogen and oxygen atoms in total. The first-order valence-corrected chi connectivity index (χ1v) is 5.88. The van der Waals surface area contributed by atoms with Crippen LogP contribution in [0.3, 0.4) is 0 Å². The lowest BCUT2D eigenvalue weighted by Gasteiger charge is -2.11. The van der Waals surface area contributed by atoms with Gasteiger partial charge in [-0.05, 0) is 25.1 Å². The quantitative estimate of drug-likeness (QED) is 0.720. The van der Waals surface area contributed by atoms with Gasteiger partial charge >= 0.3 is 0 Å². The Balaban J connectivity index is 2.33. The first kappa shape index (κ1) is 11.0. The van der Waals surface area contributed by atoms with Gasteiger partial charge in [0.15, 0.2) is 0 Å². The number of hydrogen-bond donors (Lipinski definition) is 2. The molecule has 0 aromatic carbocycles. The van der Waals surface area contributed by atoms with Crippen LogP contribution in [0.1, 0.15) is 18.7 Å². The fourth-order valence-electron chi connectivity index (χ4n) is 2.17. The van der Waals surface area contributed by atoms with Gasteiger partial charge in [0.05, 0.1) is 22.4 Å². The minimum absolute atomic E-state index is 0.118. The number of H-pyrrole nitrogens is 1. The van der Waals surface area contributed by atoms with Crippen LogP contribution in [0, 0.1) is 0 Å². The number of pyridine rings is 1. The normalized spacial score (nSPS) is 13.1. The molecule has 3 aromatic heterocycles. The Hall–Kier alpha value is -2.14. The monoisotopic (exact) mass is 241 g/mol. The molecule has 18 heavy (non-hydrogen) atoms. The maximum atomic E-state index is 6.01. The molecule has 0 aliphatic carbocycles. The second-order valence-corrected chi connectivity index (χ2v) is 4.51. The Morgan fingerprint density at radius 2 is 2.22 bits per heavy atom. The summed E-state index contributed by atoms with van der Waals surface area (Å²) in [5, 5.41) is 6.96. The summed E-state index contributed by atoms with van der Waals surface area (Å²) in [7, 11) is 2.01. The highest BCUT2D eigenvalue weighted by Crippen LogP contribution is 2.28. The molecule has 3 N–H and O–H groups in total. The summed E-state index contributed by atoms with van der Waals surface area (Å²) in [5.41, 5.74) is 10.9. The first-order chi connectivity index (χ1) is 8.66. The van der Waals surface area contributed by atoms with E-state index in [4.69, 9.17) is 5.73 Å². The molecule has 3 heterocycles. The Bertz CT molecular complexity index is 679. The van der Waals surface area contributed by atoms with Crippen LogP contribution < -0.4 is 5.73 Å². The Kier molecular flexibility index (Phi) is 2.41. The number of hydrogen-bond acceptors (Lipinski definition) is 3. The number of rotatable bonds is 2. The summed E-state index contributed by atoms with van der Waals surface area (Å²) in [5.74, 6) is 0. The molecule has 0 unspecified atom stereocenters. The number of aromatic amines is 1. The average molecular weight is 241 g/mol.